The lowest BCUT2D eigenvalue weighted by Gasteiger charge is -2.10. The number of esters is 1. The number of anilines is 2. The number of aryl methyl sites for hydroxylation is 1. The number of hydrogen-bond acceptors (Lipinski definition) is 6. The van der Waals surface area contributed by atoms with E-state index >= 15 is 0 Å². The van der Waals surface area contributed by atoms with Crippen molar-refractivity contribution in [3.63, 3.8) is 0 Å². The first-order valence-electron chi connectivity index (χ1n) is 7.89. The molecule has 1 N–H and O–H groups in total. The third-order valence-electron chi connectivity index (χ3n) is 3.66. The molecule has 0 aliphatic rings. The first-order chi connectivity index (χ1) is 12.8. The molecule has 3 aromatic rings. The molecule has 0 fully saturated rings. The van der Waals surface area contributed by atoms with E-state index in [0.717, 1.165) is 0 Å². The lowest BCUT2D eigenvalue weighted by atomic mass is 10.3. The minimum atomic E-state index is -4.75. The van der Waals surface area contributed by atoms with Gasteiger partial charge in [0, 0.05) is 12.7 Å². The molecule has 0 radical (unpaired) electrons. The number of rotatable bonds is 5. The Labute approximate surface area is 151 Å². The van der Waals surface area contributed by atoms with Crippen molar-refractivity contribution in [3.8, 4) is 5.75 Å². The van der Waals surface area contributed by atoms with Crippen molar-refractivity contribution in [2.45, 2.75) is 13.3 Å². The van der Waals surface area contributed by atoms with Crippen molar-refractivity contribution in [1.29, 1.82) is 0 Å². The van der Waals surface area contributed by atoms with E-state index in [0.29, 0.717) is 28.2 Å². The summed E-state index contributed by atoms with van der Waals surface area (Å²) >= 11 is 0. The Morgan fingerprint density at radius 3 is 2.56 bits per heavy atom. The molecular weight excluding hydrogens is 365 g/mol. The minimum absolute atomic E-state index is 0.240. The number of hydrogen-bond donors (Lipinski definition) is 1. The Morgan fingerprint density at radius 1 is 1.22 bits per heavy atom. The van der Waals surface area contributed by atoms with Gasteiger partial charge in [-0.3, -0.25) is 0 Å². The van der Waals surface area contributed by atoms with E-state index < -0.39 is 12.3 Å². The second-order valence-electron chi connectivity index (χ2n) is 5.47. The predicted octanol–water partition coefficient (Wildman–Crippen LogP) is 3.79. The summed E-state index contributed by atoms with van der Waals surface area (Å²) in [6.45, 7) is 1.95. The maximum Gasteiger partial charge on any atom is 0.573 e. The Hall–Kier alpha value is -3.30. The molecule has 0 spiro atoms. The summed E-state index contributed by atoms with van der Waals surface area (Å²) in [5.41, 5.74) is 1.31. The van der Waals surface area contributed by atoms with E-state index in [1.165, 1.54) is 30.6 Å². The first kappa shape index (κ1) is 18.5. The van der Waals surface area contributed by atoms with Gasteiger partial charge in [0.25, 0.3) is 0 Å². The number of ether oxygens (including phenoxy) is 2. The molecule has 0 unspecified atom stereocenters. The molecule has 7 nitrogen and oxygen atoms in total. The van der Waals surface area contributed by atoms with Gasteiger partial charge in [0.05, 0.1) is 12.0 Å². The smallest absolute Gasteiger partial charge is 0.461 e. The van der Waals surface area contributed by atoms with Crippen LogP contribution in [-0.2, 0) is 11.8 Å². The van der Waals surface area contributed by atoms with Gasteiger partial charge >= 0.3 is 12.3 Å². The zero-order valence-corrected chi connectivity index (χ0v) is 14.4. The molecule has 0 aliphatic heterocycles. The van der Waals surface area contributed by atoms with Gasteiger partial charge in [0.2, 0.25) is 0 Å². The highest BCUT2D eigenvalue weighted by molar-refractivity contribution is 5.98. The van der Waals surface area contributed by atoms with Gasteiger partial charge in [-0.25, -0.2) is 14.8 Å². The summed E-state index contributed by atoms with van der Waals surface area (Å²) in [6, 6.07) is 6.80. The van der Waals surface area contributed by atoms with Crippen LogP contribution < -0.4 is 10.1 Å². The summed E-state index contributed by atoms with van der Waals surface area (Å²) in [7, 11) is 1.68. The number of benzene rings is 1. The van der Waals surface area contributed by atoms with Crippen molar-refractivity contribution >= 4 is 28.5 Å². The molecule has 10 heteroatoms. The average Bonchev–Trinajstić information content (AvgIpc) is 2.94. The SMILES string of the molecule is CCOC(=O)c1cc2c(Nc3ccc(OC(F)(F)F)cc3)ncnc2n1C. The normalized spacial score (nSPS) is 11.4. The molecule has 27 heavy (non-hydrogen) atoms. The standard InChI is InChI=1S/C17H15F3N4O3/c1-3-26-16(25)13-8-12-14(21-9-22-15(12)24(13)2)23-10-4-6-11(7-5-10)27-17(18,19)20/h4-9H,3H2,1-2H3,(H,21,22,23). The van der Waals surface area contributed by atoms with Crippen LogP contribution in [0.15, 0.2) is 36.7 Å². The maximum atomic E-state index is 12.2. The lowest BCUT2D eigenvalue weighted by Crippen LogP contribution is -2.16. The van der Waals surface area contributed by atoms with E-state index in [2.05, 4.69) is 20.0 Å². The molecular formula is C17H15F3N4O3. The molecule has 0 amide bonds. The Balaban J connectivity index is 1.89. The van der Waals surface area contributed by atoms with Gasteiger partial charge in [0.1, 0.15) is 29.2 Å². The van der Waals surface area contributed by atoms with Gasteiger partial charge in [-0.1, -0.05) is 0 Å². The number of halogens is 3. The van der Waals surface area contributed by atoms with Gasteiger partial charge < -0.3 is 19.4 Å². The number of alkyl halides is 3. The number of aromatic nitrogens is 3. The van der Waals surface area contributed by atoms with Crippen LogP contribution in [0.3, 0.4) is 0 Å². The van der Waals surface area contributed by atoms with E-state index in [9.17, 15) is 18.0 Å². The van der Waals surface area contributed by atoms with E-state index in [-0.39, 0.29) is 12.4 Å². The molecule has 2 aromatic heterocycles. The second kappa shape index (κ2) is 7.14. The summed E-state index contributed by atoms with van der Waals surface area (Å²) in [5.74, 6) is -0.418. The Morgan fingerprint density at radius 2 is 1.93 bits per heavy atom. The van der Waals surface area contributed by atoms with Gasteiger partial charge in [0.15, 0.2) is 0 Å². The van der Waals surface area contributed by atoms with Crippen molar-refractivity contribution in [2.24, 2.45) is 7.05 Å². The largest absolute Gasteiger partial charge is 0.573 e. The molecule has 3 rings (SSSR count). The zero-order chi connectivity index (χ0) is 19.6. The molecule has 0 bridgehead atoms. The highest BCUT2D eigenvalue weighted by Gasteiger charge is 2.31. The van der Waals surface area contributed by atoms with Crippen LogP contribution in [0.25, 0.3) is 11.0 Å². The van der Waals surface area contributed by atoms with Crippen LogP contribution in [-0.4, -0.2) is 33.5 Å². The van der Waals surface area contributed by atoms with Crippen molar-refractivity contribution in [1.82, 2.24) is 14.5 Å². The summed E-state index contributed by atoms with van der Waals surface area (Å²) < 4.78 is 47.1. The highest BCUT2D eigenvalue weighted by Crippen LogP contribution is 2.28. The quantitative estimate of drug-likeness (QED) is 0.679. The third kappa shape index (κ3) is 4.10. The predicted molar refractivity (Wildman–Crippen MR) is 90.9 cm³/mol. The Kier molecular flexibility index (Phi) is 4.89. The maximum absolute atomic E-state index is 12.2. The van der Waals surface area contributed by atoms with E-state index in [4.69, 9.17) is 4.74 Å². The second-order valence-corrected chi connectivity index (χ2v) is 5.47. The van der Waals surface area contributed by atoms with Crippen LogP contribution in [0.5, 0.6) is 5.75 Å². The number of carbonyl (C=O) groups is 1. The van der Waals surface area contributed by atoms with Gasteiger partial charge in [-0.15, -0.1) is 13.2 Å². The molecule has 0 saturated heterocycles. The van der Waals surface area contributed by atoms with Crippen LogP contribution in [0, 0.1) is 0 Å². The molecule has 0 saturated carbocycles. The molecule has 0 atom stereocenters. The van der Waals surface area contributed by atoms with Crippen LogP contribution in [0.4, 0.5) is 24.7 Å². The fourth-order valence-electron chi connectivity index (χ4n) is 2.51. The summed E-state index contributed by atoms with van der Waals surface area (Å²) in [6.07, 6.45) is -3.43. The number of fused-ring (bicyclic) bond motifs is 1. The molecule has 1 aromatic carbocycles. The van der Waals surface area contributed by atoms with E-state index in [1.807, 2.05) is 0 Å². The highest BCUT2D eigenvalue weighted by atomic mass is 19.4. The molecule has 2 heterocycles. The zero-order valence-electron chi connectivity index (χ0n) is 14.4. The lowest BCUT2D eigenvalue weighted by molar-refractivity contribution is -0.274. The molecule has 142 valence electrons. The number of nitrogens with zero attached hydrogens (tertiary/aromatic N) is 3. The summed E-state index contributed by atoms with van der Waals surface area (Å²) in [4.78, 5) is 20.3. The average molecular weight is 380 g/mol. The van der Waals surface area contributed by atoms with E-state index in [1.54, 1.807) is 24.6 Å². The summed E-state index contributed by atoms with van der Waals surface area (Å²) in [5, 5.41) is 3.56. The topological polar surface area (TPSA) is 78.3 Å². The molecule has 0 aliphatic carbocycles. The first-order valence-corrected chi connectivity index (χ1v) is 7.89. The van der Waals surface area contributed by atoms with Crippen molar-refractivity contribution in [2.75, 3.05) is 11.9 Å². The number of carbonyl (C=O) groups excluding carboxylic acids is 1. The third-order valence-corrected chi connectivity index (χ3v) is 3.66. The number of nitrogens with one attached hydrogen (secondary N) is 1. The van der Waals surface area contributed by atoms with Crippen molar-refractivity contribution in [3.05, 3.63) is 42.4 Å². The Bertz CT molecular complexity index is 968. The van der Waals surface area contributed by atoms with Gasteiger partial charge in [-0.2, -0.15) is 0 Å². The monoisotopic (exact) mass is 380 g/mol. The van der Waals surface area contributed by atoms with Crippen LogP contribution in [0.1, 0.15) is 17.4 Å². The van der Waals surface area contributed by atoms with Crippen molar-refractivity contribution < 1.29 is 27.4 Å². The van der Waals surface area contributed by atoms with Crippen LogP contribution in [0.2, 0.25) is 0 Å². The minimum Gasteiger partial charge on any atom is -0.461 e. The fraction of sp³-hybridized carbons (Fsp3) is 0.235. The fourth-order valence-corrected chi connectivity index (χ4v) is 2.51. The van der Waals surface area contributed by atoms with Gasteiger partial charge in [-0.05, 0) is 37.3 Å². The van der Waals surface area contributed by atoms with Crippen LogP contribution >= 0.6 is 0 Å².